The van der Waals surface area contributed by atoms with Crippen LogP contribution < -0.4 is 15.0 Å². The van der Waals surface area contributed by atoms with Crippen LogP contribution in [0.25, 0.3) is 0 Å². The van der Waals surface area contributed by atoms with E-state index in [1.807, 2.05) is 62.4 Å². The van der Waals surface area contributed by atoms with E-state index in [1.165, 1.54) is 0 Å². The molecule has 0 aliphatic carbocycles. The zero-order valence-corrected chi connectivity index (χ0v) is 14.9. The number of aryl methyl sites for hydroxylation is 1. The molecule has 0 atom stereocenters. The number of methoxy groups -OCH3 is 1. The summed E-state index contributed by atoms with van der Waals surface area (Å²) in [6.07, 6.45) is -0.184. The van der Waals surface area contributed by atoms with Gasteiger partial charge in [0.25, 0.3) is 0 Å². The highest BCUT2D eigenvalue weighted by Gasteiger charge is 2.17. The zero-order valence-electron chi connectivity index (χ0n) is 14.9. The lowest BCUT2D eigenvalue weighted by atomic mass is 10.2. The second-order valence-corrected chi connectivity index (χ2v) is 5.74. The number of nitrogens with zero attached hydrogens (tertiary/aromatic N) is 1. The number of para-hydroxylation sites is 1. The van der Waals surface area contributed by atoms with Crippen molar-refractivity contribution in [3.05, 3.63) is 59.7 Å². The Labute approximate surface area is 148 Å². The van der Waals surface area contributed by atoms with Crippen LogP contribution in [0.15, 0.2) is 48.5 Å². The molecule has 0 radical (unpaired) electrons. The van der Waals surface area contributed by atoms with Crippen LogP contribution in [0.4, 0.5) is 5.69 Å². The average molecular weight is 340 g/mol. The van der Waals surface area contributed by atoms with Gasteiger partial charge in [-0.3, -0.25) is 9.59 Å². The van der Waals surface area contributed by atoms with Gasteiger partial charge in [0.05, 0.1) is 7.11 Å². The Hall–Kier alpha value is -2.82. The van der Waals surface area contributed by atoms with Gasteiger partial charge in [-0.05, 0) is 37.6 Å². The maximum Gasteiger partial charge on any atom is 0.236 e. The zero-order chi connectivity index (χ0) is 18.2. The number of amides is 2. The van der Waals surface area contributed by atoms with Gasteiger partial charge in [-0.15, -0.1) is 0 Å². The monoisotopic (exact) mass is 340 g/mol. The third-order valence-electron chi connectivity index (χ3n) is 3.91. The van der Waals surface area contributed by atoms with Gasteiger partial charge >= 0.3 is 0 Å². The van der Waals surface area contributed by atoms with Gasteiger partial charge in [0, 0.05) is 24.3 Å². The van der Waals surface area contributed by atoms with Crippen molar-refractivity contribution in [1.82, 2.24) is 5.32 Å². The van der Waals surface area contributed by atoms with Crippen molar-refractivity contribution < 1.29 is 14.3 Å². The average Bonchev–Trinajstić information content (AvgIpc) is 2.61. The summed E-state index contributed by atoms with van der Waals surface area (Å²) >= 11 is 0. The van der Waals surface area contributed by atoms with Crippen molar-refractivity contribution in [3.8, 4) is 5.75 Å². The van der Waals surface area contributed by atoms with Crippen LogP contribution in [0, 0.1) is 6.92 Å². The third-order valence-corrected chi connectivity index (χ3v) is 3.91. The summed E-state index contributed by atoms with van der Waals surface area (Å²) < 4.78 is 5.26. The van der Waals surface area contributed by atoms with E-state index >= 15 is 0 Å². The summed E-state index contributed by atoms with van der Waals surface area (Å²) in [6, 6.07) is 15.2. The maximum atomic E-state index is 12.5. The summed E-state index contributed by atoms with van der Waals surface area (Å²) in [5.74, 6) is 0.191. The number of benzene rings is 2. The van der Waals surface area contributed by atoms with Crippen molar-refractivity contribution >= 4 is 17.5 Å². The van der Waals surface area contributed by atoms with Crippen LogP contribution in [-0.4, -0.2) is 25.5 Å². The van der Waals surface area contributed by atoms with Crippen LogP contribution in [-0.2, 0) is 16.1 Å². The second kappa shape index (κ2) is 8.87. The van der Waals surface area contributed by atoms with Gasteiger partial charge in [-0.25, -0.2) is 0 Å². The predicted molar refractivity (Wildman–Crippen MR) is 98.7 cm³/mol. The molecule has 25 heavy (non-hydrogen) atoms. The number of ether oxygens (including phenoxy) is 1. The van der Waals surface area contributed by atoms with Crippen molar-refractivity contribution in [2.75, 3.05) is 18.6 Å². The Morgan fingerprint density at radius 3 is 2.56 bits per heavy atom. The molecule has 2 rings (SSSR count). The molecular formula is C20H24N2O3. The SMILES string of the molecule is CCN(C(=O)CC(=O)NCc1ccccc1OC)c1cccc(C)c1. The molecule has 0 unspecified atom stereocenters. The highest BCUT2D eigenvalue weighted by atomic mass is 16.5. The maximum absolute atomic E-state index is 12.5. The van der Waals surface area contributed by atoms with E-state index in [-0.39, 0.29) is 18.2 Å². The molecule has 2 amide bonds. The number of anilines is 1. The number of carbonyl (C=O) groups excluding carboxylic acids is 2. The largest absolute Gasteiger partial charge is 0.496 e. The van der Waals surface area contributed by atoms with Crippen LogP contribution in [0.3, 0.4) is 0 Å². The molecule has 132 valence electrons. The van der Waals surface area contributed by atoms with Gasteiger partial charge in [0.1, 0.15) is 12.2 Å². The highest BCUT2D eigenvalue weighted by molar-refractivity contribution is 6.04. The number of rotatable bonds is 7. The van der Waals surface area contributed by atoms with Crippen molar-refractivity contribution in [2.45, 2.75) is 26.8 Å². The van der Waals surface area contributed by atoms with Crippen LogP contribution >= 0.6 is 0 Å². The lowest BCUT2D eigenvalue weighted by Crippen LogP contribution is -2.35. The molecule has 0 saturated carbocycles. The number of hydrogen-bond acceptors (Lipinski definition) is 3. The fourth-order valence-corrected chi connectivity index (χ4v) is 2.64. The van der Waals surface area contributed by atoms with Crippen molar-refractivity contribution in [3.63, 3.8) is 0 Å². The molecule has 5 nitrogen and oxygen atoms in total. The van der Waals surface area contributed by atoms with Crippen molar-refractivity contribution in [1.29, 1.82) is 0 Å². The molecule has 5 heteroatoms. The Morgan fingerprint density at radius 1 is 1.12 bits per heavy atom. The summed E-state index contributed by atoms with van der Waals surface area (Å²) in [5, 5.41) is 2.78. The number of nitrogens with one attached hydrogen (secondary N) is 1. The molecule has 0 aliphatic rings. The first-order valence-corrected chi connectivity index (χ1v) is 8.30. The van der Waals surface area contributed by atoms with Crippen LogP contribution in [0.1, 0.15) is 24.5 Å². The topological polar surface area (TPSA) is 58.6 Å². The molecule has 0 heterocycles. The van der Waals surface area contributed by atoms with Gasteiger partial charge in [0.2, 0.25) is 11.8 Å². The van der Waals surface area contributed by atoms with E-state index in [4.69, 9.17) is 4.74 Å². The molecule has 0 spiro atoms. The highest BCUT2D eigenvalue weighted by Crippen LogP contribution is 2.18. The second-order valence-electron chi connectivity index (χ2n) is 5.74. The van der Waals surface area contributed by atoms with Gasteiger partial charge < -0.3 is 15.0 Å². The minimum Gasteiger partial charge on any atom is -0.496 e. The van der Waals surface area contributed by atoms with E-state index in [0.717, 1.165) is 16.8 Å². The molecule has 1 N–H and O–H groups in total. The third kappa shape index (κ3) is 5.08. The Bertz CT molecular complexity index is 743. The smallest absolute Gasteiger partial charge is 0.236 e. The van der Waals surface area contributed by atoms with E-state index in [2.05, 4.69) is 5.32 Å². The molecule has 0 bridgehead atoms. The van der Waals surface area contributed by atoms with E-state index in [9.17, 15) is 9.59 Å². The van der Waals surface area contributed by atoms with Crippen LogP contribution in [0.2, 0.25) is 0 Å². The quantitative estimate of drug-likeness (QED) is 0.788. The first-order chi connectivity index (χ1) is 12.0. The van der Waals surface area contributed by atoms with Gasteiger partial charge in [0.15, 0.2) is 0 Å². The summed E-state index contributed by atoms with van der Waals surface area (Å²) in [4.78, 5) is 26.2. The van der Waals surface area contributed by atoms with Gasteiger partial charge in [-0.1, -0.05) is 30.3 Å². The minimum atomic E-state index is -0.304. The molecule has 2 aromatic rings. The predicted octanol–water partition coefficient (Wildman–Crippen LogP) is 3.06. The number of carbonyl (C=O) groups is 2. The van der Waals surface area contributed by atoms with E-state index in [0.29, 0.717) is 18.8 Å². The molecular weight excluding hydrogens is 316 g/mol. The molecule has 0 saturated heterocycles. The minimum absolute atomic E-state index is 0.184. The van der Waals surface area contributed by atoms with E-state index in [1.54, 1.807) is 12.0 Å². The summed E-state index contributed by atoms with van der Waals surface area (Å²) in [6.45, 7) is 4.71. The molecule has 2 aromatic carbocycles. The summed E-state index contributed by atoms with van der Waals surface area (Å²) in [5.41, 5.74) is 2.76. The van der Waals surface area contributed by atoms with Gasteiger partial charge in [-0.2, -0.15) is 0 Å². The lowest BCUT2D eigenvalue weighted by Gasteiger charge is -2.21. The molecule has 0 aliphatic heterocycles. The van der Waals surface area contributed by atoms with Crippen LogP contribution in [0.5, 0.6) is 5.75 Å². The van der Waals surface area contributed by atoms with Crippen molar-refractivity contribution in [2.24, 2.45) is 0 Å². The fourth-order valence-electron chi connectivity index (χ4n) is 2.64. The first kappa shape index (κ1) is 18.5. The molecule has 0 aromatic heterocycles. The lowest BCUT2D eigenvalue weighted by molar-refractivity contribution is -0.128. The Balaban J connectivity index is 1.95. The normalized spacial score (nSPS) is 10.2. The fraction of sp³-hybridized carbons (Fsp3) is 0.300. The Kier molecular flexibility index (Phi) is 6.57. The summed E-state index contributed by atoms with van der Waals surface area (Å²) in [7, 11) is 1.59. The Morgan fingerprint density at radius 2 is 1.88 bits per heavy atom. The first-order valence-electron chi connectivity index (χ1n) is 8.30. The standard InChI is InChI=1S/C20H24N2O3/c1-4-22(17-10-7-8-15(2)12-17)20(24)13-19(23)21-14-16-9-5-6-11-18(16)25-3/h5-12H,4,13-14H2,1-3H3,(H,21,23). The molecule has 0 fully saturated rings. The van der Waals surface area contributed by atoms with E-state index < -0.39 is 0 Å². The number of hydrogen-bond donors (Lipinski definition) is 1.